The second kappa shape index (κ2) is 3.75. The van der Waals surface area contributed by atoms with Crippen molar-refractivity contribution in [2.45, 2.75) is 13.3 Å². The minimum atomic E-state index is 0.262. The van der Waals surface area contributed by atoms with Crippen LogP contribution < -0.4 is 0 Å². The minimum Gasteiger partial charge on any atom is -0.508 e. The van der Waals surface area contributed by atoms with Gasteiger partial charge in [0.1, 0.15) is 11.4 Å². The SMILES string of the molecule is CCc1snnc1-c1cccc(O)c1. The van der Waals surface area contributed by atoms with Crippen LogP contribution in [0.5, 0.6) is 5.75 Å². The van der Waals surface area contributed by atoms with E-state index in [1.54, 1.807) is 12.1 Å². The summed E-state index contributed by atoms with van der Waals surface area (Å²) < 4.78 is 3.91. The molecule has 0 atom stereocenters. The number of phenols is 1. The second-order valence-electron chi connectivity index (χ2n) is 2.95. The van der Waals surface area contributed by atoms with E-state index in [1.165, 1.54) is 11.5 Å². The van der Waals surface area contributed by atoms with E-state index in [2.05, 4.69) is 16.5 Å². The highest BCUT2D eigenvalue weighted by molar-refractivity contribution is 7.05. The lowest BCUT2D eigenvalue weighted by atomic mass is 10.1. The van der Waals surface area contributed by atoms with E-state index in [0.29, 0.717) is 0 Å². The molecule has 3 nitrogen and oxygen atoms in total. The average Bonchev–Trinajstić information content (AvgIpc) is 2.65. The van der Waals surface area contributed by atoms with Crippen LogP contribution in [0.15, 0.2) is 24.3 Å². The summed E-state index contributed by atoms with van der Waals surface area (Å²) in [5, 5.41) is 13.4. The molecule has 14 heavy (non-hydrogen) atoms. The summed E-state index contributed by atoms with van der Waals surface area (Å²) >= 11 is 1.41. The van der Waals surface area contributed by atoms with Crippen LogP contribution in [-0.4, -0.2) is 14.7 Å². The Bertz CT molecular complexity index is 439. The first kappa shape index (κ1) is 9.15. The van der Waals surface area contributed by atoms with Gasteiger partial charge < -0.3 is 5.11 Å². The van der Waals surface area contributed by atoms with Gasteiger partial charge in [0.2, 0.25) is 0 Å². The smallest absolute Gasteiger partial charge is 0.116 e. The fourth-order valence-electron chi connectivity index (χ4n) is 1.31. The molecule has 2 aromatic rings. The minimum absolute atomic E-state index is 0.262. The molecule has 4 heteroatoms. The lowest BCUT2D eigenvalue weighted by Gasteiger charge is -1.99. The largest absolute Gasteiger partial charge is 0.508 e. The van der Waals surface area contributed by atoms with Crippen molar-refractivity contribution in [3.05, 3.63) is 29.1 Å². The average molecular weight is 206 g/mol. The Balaban J connectivity index is 2.49. The van der Waals surface area contributed by atoms with Gasteiger partial charge in [0, 0.05) is 5.56 Å². The Morgan fingerprint density at radius 2 is 2.29 bits per heavy atom. The maximum atomic E-state index is 9.33. The number of hydrogen-bond donors (Lipinski definition) is 1. The Morgan fingerprint density at radius 1 is 1.43 bits per heavy atom. The summed E-state index contributed by atoms with van der Waals surface area (Å²) in [4.78, 5) is 1.15. The zero-order valence-corrected chi connectivity index (χ0v) is 8.58. The van der Waals surface area contributed by atoms with Gasteiger partial charge in [0.05, 0.1) is 4.88 Å². The Labute approximate surface area is 86.2 Å². The highest BCUT2D eigenvalue weighted by atomic mass is 32.1. The third-order valence-electron chi connectivity index (χ3n) is 2.00. The summed E-state index contributed by atoms with van der Waals surface area (Å²) in [7, 11) is 0. The molecular formula is C10H10N2OS. The van der Waals surface area contributed by atoms with Crippen LogP contribution in [0, 0.1) is 0 Å². The first-order chi connectivity index (χ1) is 6.81. The Morgan fingerprint density at radius 3 is 3.00 bits per heavy atom. The standard InChI is InChI=1S/C10H10N2OS/c1-2-9-10(11-12-14-9)7-4-3-5-8(13)6-7/h3-6,13H,2H2,1H3. The third-order valence-corrected chi connectivity index (χ3v) is 2.86. The topological polar surface area (TPSA) is 46.0 Å². The lowest BCUT2D eigenvalue weighted by molar-refractivity contribution is 0.475. The number of aryl methyl sites for hydroxylation is 1. The molecule has 0 saturated carbocycles. The van der Waals surface area contributed by atoms with E-state index in [4.69, 9.17) is 0 Å². The predicted molar refractivity (Wildman–Crippen MR) is 56.4 cm³/mol. The Hall–Kier alpha value is -1.42. The van der Waals surface area contributed by atoms with Gasteiger partial charge in [-0.25, -0.2) is 0 Å². The van der Waals surface area contributed by atoms with Gasteiger partial charge in [0.25, 0.3) is 0 Å². The molecule has 0 aliphatic carbocycles. The number of phenolic OH excluding ortho intramolecular Hbond substituents is 1. The van der Waals surface area contributed by atoms with Crippen molar-refractivity contribution in [1.82, 2.24) is 9.59 Å². The van der Waals surface area contributed by atoms with Gasteiger partial charge in [-0.2, -0.15) is 0 Å². The second-order valence-corrected chi connectivity index (χ2v) is 3.79. The van der Waals surface area contributed by atoms with Crippen molar-refractivity contribution in [2.24, 2.45) is 0 Å². The van der Waals surface area contributed by atoms with Crippen LogP contribution in [0.4, 0.5) is 0 Å². The summed E-state index contributed by atoms with van der Waals surface area (Å²) in [6.45, 7) is 2.07. The van der Waals surface area contributed by atoms with Crippen molar-refractivity contribution < 1.29 is 5.11 Å². The highest BCUT2D eigenvalue weighted by Gasteiger charge is 2.08. The molecule has 0 aliphatic rings. The van der Waals surface area contributed by atoms with E-state index >= 15 is 0 Å². The zero-order valence-electron chi connectivity index (χ0n) is 7.77. The molecule has 1 N–H and O–H groups in total. The maximum Gasteiger partial charge on any atom is 0.116 e. The monoisotopic (exact) mass is 206 g/mol. The molecule has 0 fully saturated rings. The van der Waals surface area contributed by atoms with E-state index in [-0.39, 0.29) is 5.75 Å². The molecule has 1 aromatic heterocycles. The number of hydrogen-bond acceptors (Lipinski definition) is 4. The van der Waals surface area contributed by atoms with Crippen LogP contribution >= 0.6 is 11.5 Å². The molecule has 0 spiro atoms. The number of nitrogens with zero attached hydrogens (tertiary/aromatic N) is 2. The highest BCUT2D eigenvalue weighted by Crippen LogP contribution is 2.26. The fourth-order valence-corrected chi connectivity index (χ4v) is 1.91. The first-order valence-corrected chi connectivity index (χ1v) is 5.19. The van der Waals surface area contributed by atoms with Gasteiger partial charge in [-0.1, -0.05) is 23.5 Å². The number of aromatic hydroxyl groups is 1. The van der Waals surface area contributed by atoms with Gasteiger partial charge in [-0.3, -0.25) is 0 Å². The normalized spacial score (nSPS) is 10.4. The number of benzene rings is 1. The van der Waals surface area contributed by atoms with Crippen LogP contribution in [0.25, 0.3) is 11.3 Å². The van der Waals surface area contributed by atoms with Crippen molar-refractivity contribution >= 4 is 11.5 Å². The van der Waals surface area contributed by atoms with Gasteiger partial charge >= 0.3 is 0 Å². The summed E-state index contributed by atoms with van der Waals surface area (Å²) in [6.07, 6.45) is 0.919. The molecule has 0 bridgehead atoms. The first-order valence-electron chi connectivity index (χ1n) is 4.42. The van der Waals surface area contributed by atoms with E-state index < -0.39 is 0 Å². The van der Waals surface area contributed by atoms with Gasteiger partial charge in [-0.15, -0.1) is 5.10 Å². The number of aromatic nitrogens is 2. The molecule has 0 amide bonds. The molecule has 0 saturated heterocycles. The van der Waals surface area contributed by atoms with Crippen LogP contribution in [0.1, 0.15) is 11.8 Å². The Kier molecular flexibility index (Phi) is 2.45. The molecule has 0 aliphatic heterocycles. The lowest BCUT2D eigenvalue weighted by Crippen LogP contribution is -1.83. The molecular weight excluding hydrogens is 196 g/mol. The summed E-state index contributed by atoms with van der Waals surface area (Å²) in [5.41, 5.74) is 1.81. The maximum absolute atomic E-state index is 9.33. The molecule has 1 heterocycles. The van der Waals surface area contributed by atoms with Gasteiger partial charge in [0.15, 0.2) is 0 Å². The molecule has 72 valence electrons. The van der Waals surface area contributed by atoms with E-state index in [1.807, 2.05) is 12.1 Å². The van der Waals surface area contributed by atoms with Gasteiger partial charge in [-0.05, 0) is 30.1 Å². The third kappa shape index (κ3) is 1.61. The van der Waals surface area contributed by atoms with Crippen molar-refractivity contribution in [3.8, 4) is 17.0 Å². The van der Waals surface area contributed by atoms with Crippen molar-refractivity contribution in [3.63, 3.8) is 0 Å². The van der Waals surface area contributed by atoms with E-state index in [9.17, 15) is 5.11 Å². The molecule has 0 radical (unpaired) electrons. The molecule has 0 unspecified atom stereocenters. The predicted octanol–water partition coefficient (Wildman–Crippen LogP) is 2.47. The fraction of sp³-hybridized carbons (Fsp3) is 0.200. The summed E-state index contributed by atoms with van der Waals surface area (Å²) in [6, 6.07) is 7.09. The van der Waals surface area contributed by atoms with Crippen molar-refractivity contribution in [1.29, 1.82) is 0 Å². The summed E-state index contributed by atoms with van der Waals surface area (Å²) in [5.74, 6) is 0.262. The van der Waals surface area contributed by atoms with Crippen LogP contribution in [0.3, 0.4) is 0 Å². The quantitative estimate of drug-likeness (QED) is 0.821. The van der Waals surface area contributed by atoms with Crippen LogP contribution in [-0.2, 0) is 6.42 Å². The number of rotatable bonds is 2. The molecule has 1 aromatic carbocycles. The molecule has 2 rings (SSSR count). The van der Waals surface area contributed by atoms with E-state index in [0.717, 1.165) is 22.6 Å². The van der Waals surface area contributed by atoms with Crippen molar-refractivity contribution in [2.75, 3.05) is 0 Å². The zero-order chi connectivity index (χ0) is 9.97. The van der Waals surface area contributed by atoms with Crippen LogP contribution in [0.2, 0.25) is 0 Å².